The fraction of sp³-hybridized carbons (Fsp3) is 0.267. The van der Waals surface area contributed by atoms with Gasteiger partial charge in [-0.1, -0.05) is 6.07 Å². The van der Waals surface area contributed by atoms with Crippen molar-refractivity contribution >= 4 is 27.3 Å². The van der Waals surface area contributed by atoms with E-state index in [-0.39, 0.29) is 22.6 Å². The Kier molecular flexibility index (Phi) is 4.95. The van der Waals surface area contributed by atoms with E-state index in [2.05, 4.69) is 10.0 Å². The Labute approximate surface area is 139 Å². The Balaban J connectivity index is 2.49. The molecule has 1 aromatic carbocycles. The summed E-state index contributed by atoms with van der Waals surface area (Å²) in [6, 6.07) is 5.77. The zero-order chi connectivity index (χ0) is 18.1. The largest absolute Gasteiger partial charge is 0.351 e. The first-order valence-electron chi connectivity index (χ1n) is 7.04. The molecule has 2 rings (SSSR count). The van der Waals surface area contributed by atoms with Gasteiger partial charge in [-0.2, -0.15) is 12.7 Å². The van der Waals surface area contributed by atoms with Crippen LogP contribution in [0.4, 0.5) is 21.5 Å². The van der Waals surface area contributed by atoms with Crippen molar-refractivity contribution in [1.29, 1.82) is 0 Å². The van der Waals surface area contributed by atoms with Crippen molar-refractivity contribution in [3.8, 4) is 0 Å². The van der Waals surface area contributed by atoms with Gasteiger partial charge in [0.2, 0.25) is 0 Å². The highest BCUT2D eigenvalue weighted by atomic mass is 32.2. The monoisotopic (exact) mass is 354 g/mol. The zero-order valence-electron chi connectivity index (χ0n) is 13.8. The Morgan fingerprint density at radius 3 is 2.38 bits per heavy atom. The van der Waals surface area contributed by atoms with Gasteiger partial charge in [0.25, 0.3) is 5.56 Å². The molecule has 2 aromatic rings. The number of benzene rings is 1. The molecule has 1 aromatic heterocycles. The van der Waals surface area contributed by atoms with Gasteiger partial charge >= 0.3 is 10.2 Å². The predicted octanol–water partition coefficient (Wildman–Crippen LogP) is 1.79. The second-order valence-electron chi connectivity index (χ2n) is 5.55. The molecule has 1 heterocycles. The maximum absolute atomic E-state index is 14.0. The van der Waals surface area contributed by atoms with Gasteiger partial charge in [0.05, 0.1) is 17.1 Å². The van der Waals surface area contributed by atoms with Gasteiger partial charge in [-0.05, 0) is 24.6 Å². The van der Waals surface area contributed by atoms with Crippen molar-refractivity contribution in [2.75, 3.05) is 24.1 Å². The van der Waals surface area contributed by atoms with Gasteiger partial charge in [-0.25, -0.2) is 4.39 Å². The molecule has 0 saturated carbocycles. The molecule has 0 radical (unpaired) electrons. The van der Waals surface area contributed by atoms with Gasteiger partial charge in [0.1, 0.15) is 5.82 Å². The van der Waals surface area contributed by atoms with Crippen molar-refractivity contribution in [3.63, 3.8) is 0 Å². The van der Waals surface area contributed by atoms with Crippen molar-refractivity contribution < 1.29 is 12.8 Å². The van der Waals surface area contributed by atoms with Crippen LogP contribution < -0.4 is 15.6 Å². The van der Waals surface area contributed by atoms with Gasteiger partial charge in [0, 0.05) is 33.4 Å². The zero-order valence-corrected chi connectivity index (χ0v) is 14.6. The molecule has 0 saturated heterocycles. The van der Waals surface area contributed by atoms with Crippen LogP contribution in [-0.2, 0) is 17.3 Å². The smallest absolute Gasteiger partial charge is 0.301 e. The third-order valence-corrected chi connectivity index (χ3v) is 4.78. The number of rotatable bonds is 5. The van der Waals surface area contributed by atoms with Gasteiger partial charge < -0.3 is 9.88 Å². The fourth-order valence-electron chi connectivity index (χ4n) is 1.91. The number of aromatic nitrogens is 1. The van der Waals surface area contributed by atoms with Crippen LogP contribution in [-0.4, -0.2) is 31.4 Å². The highest BCUT2D eigenvalue weighted by Gasteiger charge is 2.17. The van der Waals surface area contributed by atoms with E-state index < -0.39 is 16.0 Å². The second kappa shape index (κ2) is 6.62. The highest BCUT2D eigenvalue weighted by molar-refractivity contribution is 7.90. The van der Waals surface area contributed by atoms with Crippen molar-refractivity contribution in [1.82, 2.24) is 8.87 Å². The van der Waals surface area contributed by atoms with Crippen LogP contribution in [0.1, 0.15) is 5.56 Å². The number of anilines is 3. The summed E-state index contributed by atoms with van der Waals surface area (Å²) in [6.45, 7) is 1.75. The first-order valence-corrected chi connectivity index (χ1v) is 8.48. The van der Waals surface area contributed by atoms with Crippen LogP contribution in [0.3, 0.4) is 0 Å². The van der Waals surface area contributed by atoms with Gasteiger partial charge in [-0.3, -0.25) is 9.52 Å². The molecular weight excluding hydrogens is 335 g/mol. The quantitative estimate of drug-likeness (QED) is 0.858. The van der Waals surface area contributed by atoms with E-state index in [4.69, 9.17) is 0 Å². The van der Waals surface area contributed by atoms with Crippen LogP contribution in [0.2, 0.25) is 0 Å². The summed E-state index contributed by atoms with van der Waals surface area (Å²) < 4.78 is 42.7. The van der Waals surface area contributed by atoms with E-state index in [9.17, 15) is 17.6 Å². The standard InChI is InChI=1S/C15H19FN4O3S/c1-10-5-6-12(11(16)7-10)17-13-8-15(21)20(4)9-14(13)18-24(22,23)19(2)3/h5-9,17-18H,1-4H3. The lowest BCUT2D eigenvalue weighted by atomic mass is 10.2. The molecule has 0 spiro atoms. The van der Waals surface area contributed by atoms with Crippen LogP contribution in [0.5, 0.6) is 0 Å². The number of halogens is 1. The molecule has 24 heavy (non-hydrogen) atoms. The average Bonchev–Trinajstić information content (AvgIpc) is 2.46. The third-order valence-electron chi connectivity index (χ3n) is 3.34. The van der Waals surface area contributed by atoms with Gasteiger partial charge in [-0.15, -0.1) is 0 Å². The van der Waals surface area contributed by atoms with Crippen molar-refractivity contribution in [3.05, 3.63) is 52.2 Å². The summed E-state index contributed by atoms with van der Waals surface area (Å²) in [7, 11) is 0.458. The predicted molar refractivity (Wildman–Crippen MR) is 92.3 cm³/mol. The highest BCUT2D eigenvalue weighted by Crippen LogP contribution is 2.26. The minimum Gasteiger partial charge on any atom is -0.351 e. The molecule has 9 heteroatoms. The molecule has 0 aliphatic heterocycles. The lowest BCUT2D eigenvalue weighted by molar-refractivity contribution is 0.527. The normalized spacial score (nSPS) is 11.6. The molecule has 7 nitrogen and oxygen atoms in total. The number of nitrogens with zero attached hydrogens (tertiary/aromatic N) is 2. The van der Waals surface area contributed by atoms with Crippen LogP contribution in [0.15, 0.2) is 35.3 Å². The molecule has 0 amide bonds. The van der Waals surface area contributed by atoms with Crippen LogP contribution in [0.25, 0.3) is 0 Å². The molecule has 130 valence electrons. The molecule has 0 aliphatic carbocycles. The van der Waals surface area contributed by atoms with Gasteiger partial charge in [0.15, 0.2) is 0 Å². The summed E-state index contributed by atoms with van der Waals surface area (Å²) in [5.41, 5.74) is 0.810. The first-order chi connectivity index (χ1) is 11.1. The minimum atomic E-state index is -3.78. The van der Waals surface area contributed by atoms with E-state index in [0.29, 0.717) is 0 Å². The van der Waals surface area contributed by atoms with E-state index in [1.807, 2.05) is 0 Å². The Morgan fingerprint density at radius 1 is 1.12 bits per heavy atom. The van der Waals surface area contributed by atoms with Crippen molar-refractivity contribution in [2.24, 2.45) is 7.05 Å². The molecule has 0 aliphatic rings. The number of hydrogen-bond donors (Lipinski definition) is 2. The number of hydrogen-bond acceptors (Lipinski definition) is 4. The molecule has 0 fully saturated rings. The topological polar surface area (TPSA) is 83.4 Å². The maximum atomic E-state index is 14.0. The molecular formula is C15H19FN4O3S. The average molecular weight is 354 g/mol. The first kappa shape index (κ1) is 18.0. The number of pyridine rings is 1. The van der Waals surface area contributed by atoms with E-state index in [1.54, 1.807) is 13.0 Å². The summed E-state index contributed by atoms with van der Waals surface area (Å²) in [6.07, 6.45) is 1.33. The van der Waals surface area contributed by atoms with Crippen LogP contribution in [0, 0.1) is 12.7 Å². The summed E-state index contributed by atoms with van der Waals surface area (Å²) >= 11 is 0. The van der Waals surface area contributed by atoms with E-state index in [0.717, 1.165) is 9.87 Å². The summed E-state index contributed by atoms with van der Waals surface area (Å²) in [5.74, 6) is -0.503. The fourth-order valence-corrected chi connectivity index (χ4v) is 2.53. The van der Waals surface area contributed by atoms with Crippen LogP contribution >= 0.6 is 0 Å². The summed E-state index contributed by atoms with van der Waals surface area (Å²) in [5, 5.41) is 2.76. The lowest BCUT2D eigenvalue weighted by Crippen LogP contribution is -2.30. The summed E-state index contributed by atoms with van der Waals surface area (Å²) in [4.78, 5) is 11.9. The molecule has 0 bridgehead atoms. The van der Waals surface area contributed by atoms with E-state index in [1.165, 1.54) is 50.1 Å². The SMILES string of the molecule is Cc1ccc(Nc2cc(=O)n(C)cc2NS(=O)(=O)N(C)C)c(F)c1. The second-order valence-corrected chi connectivity index (χ2v) is 7.43. The third kappa shape index (κ3) is 3.92. The lowest BCUT2D eigenvalue weighted by Gasteiger charge is -2.18. The number of nitrogens with one attached hydrogen (secondary N) is 2. The van der Waals surface area contributed by atoms with E-state index >= 15 is 0 Å². The molecule has 2 N–H and O–H groups in total. The Bertz CT molecular complexity index is 923. The number of aryl methyl sites for hydroxylation is 2. The maximum Gasteiger partial charge on any atom is 0.301 e. The minimum absolute atomic E-state index is 0.130. The Morgan fingerprint density at radius 2 is 1.79 bits per heavy atom. The van der Waals surface area contributed by atoms with Crippen molar-refractivity contribution in [2.45, 2.75) is 6.92 Å². The molecule has 0 unspecified atom stereocenters. The Hall–Kier alpha value is -2.39. The molecule has 0 atom stereocenters.